The Kier molecular flexibility index (Phi) is 12.6. The lowest BCUT2D eigenvalue weighted by molar-refractivity contribution is 0.140. The van der Waals surface area contributed by atoms with E-state index >= 15 is 0 Å². The number of hydrogen-bond donors (Lipinski definition) is 0. The first-order valence-electron chi connectivity index (χ1n) is 18.0. The molecule has 54 heavy (non-hydrogen) atoms. The zero-order valence-corrected chi connectivity index (χ0v) is 30.0. The van der Waals surface area contributed by atoms with Crippen molar-refractivity contribution in [3.8, 4) is 47.4 Å². The molecule has 9 rings (SSSR count). The van der Waals surface area contributed by atoms with Crippen molar-refractivity contribution >= 4 is 0 Å². The van der Waals surface area contributed by atoms with Gasteiger partial charge in [0, 0.05) is 44.5 Å². The summed E-state index contributed by atoms with van der Waals surface area (Å²) in [7, 11) is 0. The highest BCUT2D eigenvalue weighted by Crippen LogP contribution is 2.16. The van der Waals surface area contributed by atoms with Gasteiger partial charge in [-0.15, -0.1) is 0 Å². The number of rotatable bonds is 0. The SMILES string of the molecule is C1#Cc2ccc3cc2C#Cc2ccccc2C#Cc2cc(ccc2C#Cc2ccc(cc2)COC/C=C/COC3)COC/C=C/COCc2ccc1cc2. The van der Waals surface area contributed by atoms with Crippen LogP contribution in [0.3, 0.4) is 0 Å². The Hall–Kier alpha value is -6.34. The van der Waals surface area contributed by atoms with E-state index in [2.05, 4.69) is 59.5 Å². The summed E-state index contributed by atoms with van der Waals surface area (Å²) in [5.41, 5.74) is 11.0. The third-order valence-electron chi connectivity index (χ3n) is 8.61. The molecule has 4 heterocycles. The topological polar surface area (TPSA) is 36.9 Å². The van der Waals surface area contributed by atoms with Crippen LogP contribution >= 0.6 is 0 Å². The van der Waals surface area contributed by atoms with Gasteiger partial charge >= 0.3 is 0 Å². The van der Waals surface area contributed by atoms with Crippen LogP contribution in [0.15, 0.2) is 133 Å². The van der Waals surface area contributed by atoms with Gasteiger partial charge in [-0.25, -0.2) is 0 Å². The average Bonchev–Trinajstić information content (AvgIpc) is 3.21. The molecule has 5 aromatic carbocycles. The molecule has 262 valence electrons. The van der Waals surface area contributed by atoms with E-state index < -0.39 is 0 Å². The molecule has 0 unspecified atom stereocenters. The van der Waals surface area contributed by atoms with E-state index in [0.717, 1.165) is 66.8 Å². The summed E-state index contributed by atoms with van der Waals surface area (Å²) in [6, 6.07) is 36.5. The second kappa shape index (κ2) is 18.9. The van der Waals surface area contributed by atoms with Crippen LogP contribution in [-0.2, 0) is 45.4 Å². The molecule has 5 aromatic rings. The van der Waals surface area contributed by atoms with Crippen molar-refractivity contribution in [1.29, 1.82) is 0 Å². The zero-order chi connectivity index (χ0) is 36.6. The minimum atomic E-state index is 0.440. The summed E-state index contributed by atoms with van der Waals surface area (Å²) in [6.07, 6.45) is 7.93. The molecule has 0 aromatic heterocycles. The number of ether oxygens (including phenoxy) is 4. The predicted molar refractivity (Wildman–Crippen MR) is 213 cm³/mol. The van der Waals surface area contributed by atoms with Crippen molar-refractivity contribution in [2.24, 2.45) is 0 Å². The molecule has 0 fully saturated rings. The third-order valence-corrected chi connectivity index (χ3v) is 8.61. The smallest absolute Gasteiger partial charge is 0.0721 e. The fourth-order valence-electron chi connectivity index (χ4n) is 5.66. The molecule has 0 radical (unpaired) electrons. The number of fused-ring (bicyclic) bond motifs is 16. The summed E-state index contributed by atoms with van der Waals surface area (Å²) in [4.78, 5) is 0. The quantitative estimate of drug-likeness (QED) is 0.120. The molecule has 4 aliphatic heterocycles. The first-order valence-corrected chi connectivity index (χ1v) is 18.0. The number of hydrogen-bond acceptors (Lipinski definition) is 4. The monoisotopic (exact) mass is 702 g/mol. The molecule has 0 atom stereocenters. The summed E-state index contributed by atoms with van der Waals surface area (Å²) in [5, 5.41) is 0. The molecule has 0 aliphatic carbocycles. The summed E-state index contributed by atoms with van der Waals surface area (Å²) in [6.45, 7) is 3.84. The molecular formula is C50H38O4. The first-order chi connectivity index (χ1) is 26.7. The maximum Gasteiger partial charge on any atom is 0.0721 e. The predicted octanol–water partition coefficient (Wildman–Crippen LogP) is 8.49. The van der Waals surface area contributed by atoms with Crippen LogP contribution in [0.25, 0.3) is 0 Å². The Balaban J connectivity index is 1.31. The molecule has 0 spiro atoms. The number of benzene rings is 5. The Morgan fingerprint density at radius 1 is 0.296 bits per heavy atom. The molecule has 0 amide bonds. The normalized spacial score (nSPS) is 15.6. The van der Waals surface area contributed by atoms with Crippen molar-refractivity contribution in [2.75, 3.05) is 26.4 Å². The van der Waals surface area contributed by atoms with Gasteiger partial charge in [0.05, 0.1) is 52.9 Å². The highest BCUT2D eigenvalue weighted by molar-refractivity contribution is 5.60. The molecule has 4 heteroatoms. The fraction of sp³-hybridized carbons (Fsp3) is 0.160. The molecule has 0 N–H and O–H groups in total. The molecule has 4 nitrogen and oxygen atoms in total. The van der Waals surface area contributed by atoms with Crippen LogP contribution in [0, 0.1) is 47.4 Å². The first kappa shape index (κ1) is 36.0. The molecule has 0 saturated heterocycles. The lowest BCUT2D eigenvalue weighted by atomic mass is 10.0. The Bertz CT molecular complexity index is 2230. The average molecular weight is 703 g/mol. The van der Waals surface area contributed by atoms with Crippen molar-refractivity contribution in [3.63, 3.8) is 0 Å². The van der Waals surface area contributed by atoms with Gasteiger partial charge in [-0.3, -0.25) is 0 Å². The van der Waals surface area contributed by atoms with Crippen LogP contribution in [0.1, 0.15) is 66.8 Å². The zero-order valence-electron chi connectivity index (χ0n) is 30.0. The fourth-order valence-corrected chi connectivity index (χ4v) is 5.66. The highest BCUT2D eigenvalue weighted by Gasteiger charge is 2.05. The van der Waals surface area contributed by atoms with Gasteiger partial charge in [-0.2, -0.15) is 0 Å². The molecular weight excluding hydrogens is 665 g/mol. The van der Waals surface area contributed by atoms with Gasteiger partial charge in [-0.05, 0) is 82.9 Å². The van der Waals surface area contributed by atoms with Gasteiger partial charge in [-0.1, -0.05) is 120 Å². The van der Waals surface area contributed by atoms with Crippen LogP contribution in [0.5, 0.6) is 0 Å². The largest absolute Gasteiger partial charge is 0.373 e. The van der Waals surface area contributed by atoms with Crippen molar-refractivity contribution < 1.29 is 18.9 Å². The minimum Gasteiger partial charge on any atom is -0.373 e. The van der Waals surface area contributed by atoms with Crippen molar-refractivity contribution in [1.82, 2.24) is 0 Å². The molecule has 0 saturated carbocycles. The second-order valence-corrected chi connectivity index (χ2v) is 12.7. The van der Waals surface area contributed by atoms with E-state index in [9.17, 15) is 0 Å². The lowest BCUT2D eigenvalue weighted by Crippen LogP contribution is -1.97. The van der Waals surface area contributed by atoms with E-state index in [4.69, 9.17) is 18.9 Å². The van der Waals surface area contributed by atoms with Gasteiger partial charge in [0.1, 0.15) is 0 Å². The summed E-state index contributed by atoms with van der Waals surface area (Å²) < 4.78 is 23.7. The van der Waals surface area contributed by atoms with Crippen LogP contribution in [0.4, 0.5) is 0 Å². The van der Waals surface area contributed by atoms with Gasteiger partial charge in [0.2, 0.25) is 0 Å². The maximum absolute atomic E-state index is 5.99. The van der Waals surface area contributed by atoms with Gasteiger partial charge < -0.3 is 18.9 Å². The van der Waals surface area contributed by atoms with Crippen molar-refractivity contribution in [3.05, 3.63) is 200 Å². The maximum atomic E-state index is 5.99. The van der Waals surface area contributed by atoms with E-state index in [1.807, 2.05) is 121 Å². The van der Waals surface area contributed by atoms with E-state index in [-0.39, 0.29) is 0 Å². The Labute approximate surface area is 318 Å². The van der Waals surface area contributed by atoms with Crippen molar-refractivity contribution in [2.45, 2.75) is 26.4 Å². The second-order valence-electron chi connectivity index (χ2n) is 12.7. The van der Waals surface area contributed by atoms with Crippen LogP contribution in [-0.4, -0.2) is 26.4 Å². The highest BCUT2D eigenvalue weighted by atomic mass is 16.5. The van der Waals surface area contributed by atoms with Gasteiger partial charge in [0.15, 0.2) is 0 Å². The Morgan fingerprint density at radius 2 is 0.611 bits per heavy atom. The van der Waals surface area contributed by atoms with E-state index in [1.54, 1.807) is 0 Å². The standard InChI is InChI=1S/C50H38O4/c1-2-8-46-26-28-50-34-44-20-24-48(50)22-18-40-11-15-42(16-12-40)36-51-29-3-5-31-53-37-43-19-23-47(49(33-43)27-25-45(46)7-1)21-17-39-9-13-41(14-10-39)35-52-30-4-6-32-54-38-44/h1-16,19-20,23-24,33-34H,29-32,35-38H2/b5-3+,6-4+. The third kappa shape index (κ3) is 10.6. The van der Waals surface area contributed by atoms with E-state index in [0.29, 0.717) is 52.9 Å². The van der Waals surface area contributed by atoms with Gasteiger partial charge in [0.25, 0.3) is 0 Å². The molecule has 8 bridgehead atoms. The Morgan fingerprint density at radius 3 is 1.02 bits per heavy atom. The minimum absolute atomic E-state index is 0.440. The van der Waals surface area contributed by atoms with Crippen LogP contribution < -0.4 is 0 Å². The lowest BCUT2D eigenvalue weighted by Gasteiger charge is -2.05. The molecule has 4 aliphatic rings. The van der Waals surface area contributed by atoms with E-state index in [1.165, 1.54) is 0 Å². The summed E-state index contributed by atoms with van der Waals surface area (Å²) in [5.74, 6) is 27.0. The van der Waals surface area contributed by atoms with Crippen LogP contribution in [0.2, 0.25) is 0 Å². The summed E-state index contributed by atoms with van der Waals surface area (Å²) >= 11 is 0.